The number of anilines is 1. The number of hydrogen-bond donors (Lipinski definition) is 1. The average molecular weight is 483 g/mol. The van der Waals surface area contributed by atoms with Crippen molar-refractivity contribution in [2.24, 2.45) is 0 Å². The predicted molar refractivity (Wildman–Crippen MR) is 117 cm³/mol. The van der Waals surface area contributed by atoms with Crippen molar-refractivity contribution in [1.82, 2.24) is 0 Å². The molecule has 0 atom stereocenters. The fourth-order valence-corrected chi connectivity index (χ4v) is 3.68. The lowest BCUT2D eigenvalue weighted by molar-refractivity contribution is -0.385. The Labute approximate surface area is 195 Å². The highest BCUT2D eigenvalue weighted by Gasteiger charge is 2.39. The van der Waals surface area contributed by atoms with E-state index in [0.717, 1.165) is 24.3 Å². The molecular weight excluding hydrogens is 471 g/mol. The van der Waals surface area contributed by atoms with Crippen LogP contribution in [0.25, 0.3) is 0 Å². The molecule has 1 amide bonds. The van der Waals surface area contributed by atoms with E-state index >= 15 is 0 Å². The number of benzene rings is 3. The van der Waals surface area contributed by atoms with Crippen molar-refractivity contribution in [2.75, 3.05) is 11.9 Å². The summed E-state index contributed by atoms with van der Waals surface area (Å²) >= 11 is 5.64. The minimum Gasteiger partial charge on any atom is -0.452 e. The lowest BCUT2D eigenvalue weighted by Crippen LogP contribution is -2.25. The zero-order valence-corrected chi connectivity index (χ0v) is 17.7. The number of ketones is 2. The van der Waals surface area contributed by atoms with Gasteiger partial charge in [-0.25, -0.2) is 9.18 Å². The van der Waals surface area contributed by atoms with E-state index in [1.807, 2.05) is 0 Å². The molecule has 170 valence electrons. The molecule has 1 N–H and O–H groups in total. The number of fused-ring (bicyclic) bond motifs is 2. The van der Waals surface area contributed by atoms with Crippen LogP contribution in [0.1, 0.15) is 42.2 Å². The summed E-state index contributed by atoms with van der Waals surface area (Å²) in [6, 6.07) is 11.4. The summed E-state index contributed by atoms with van der Waals surface area (Å²) in [5.41, 5.74) is -2.00. The fourth-order valence-electron chi connectivity index (χ4n) is 3.50. The third kappa shape index (κ3) is 4.02. The number of esters is 1. The van der Waals surface area contributed by atoms with Crippen LogP contribution in [0.4, 0.5) is 15.8 Å². The molecule has 0 spiro atoms. The molecule has 0 heterocycles. The van der Waals surface area contributed by atoms with Crippen molar-refractivity contribution >= 4 is 46.4 Å². The van der Waals surface area contributed by atoms with Crippen molar-refractivity contribution < 1.29 is 33.2 Å². The maximum absolute atomic E-state index is 13.2. The number of halogens is 2. The van der Waals surface area contributed by atoms with Crippen molar-refractivity contribution in [3.63, 3.8) is 0 Å². The molecule has 3 aromatic rings. The van der Waals surface area contributed by atoms with Gasteiger partial charge in [0.05, 0.1) is 9.95 Å². The summed E-state index contributed by atoms with van der Waals surface area (Å²) in [5, 5.41) is 13.9. The normalized spacial score (nSPS) is 11.9. The number of amides is 1. The molecular formula is C23H12ClFN2O7. The van der Waals surface area contributed by atoms with Crippen molar-refractivity contribution in [3.05, 3.63) is 103 Å². The monoisotopic (exact) mass is 482 g/mol. The number of ether oxygens (including phenoxy) is 1. The molecule has 0 aliphatic heterocycles. The Hall–Kier alpha value is -4.44. The van der Waals surface area contributed by atoms with Gasteiger partial charge in [0, 0.05) is 22.4 Å². The highest BCUT2D eigenvalue weighted by atomic mass is 35.5. The average Bonchev–Trinajstić information content (AvgIpc) is 2.82. The number of nitro benzene ring substituents is 1. The molecule has 11 heteroatoms. The first kappa shape index (κ1) is 22.7. The number of nitro groups is 1. The highest BCUT2D eigenvalue weighted by molar-refractivity contribution is 6.31. The molecule has 0 unspecified atom stereocenters. The fraction of sp³-hybridized carbons (Fsp3) is 0.0435. The Morgan fingerprint density at radius 1 is 1.00 bits per heavy atom. The van der Waals surface area contributed by atoms with Gasteiger partial charge in [0.2, 0.25) is 5.78 Å². The zero-order valence-electron chi connectivity index (χ0n) is 17.0. The lowest BCUT2D eigenvalue weighted by atomic mass is 9.82. The Bertz CT molecular complexity index is 1420. The van der Waals surface area contributed by atoms with Gasteiger partial charge in [-0.05, 0) is 30.3 Å². The summed E-state index contributed by atoms with van der Waals surface area (Å²) in [6.07, 6.45) is 0. The van der Waals surface area contributed by atoms with E-state index in [-0.39, 0.29) is 27.4 Å². The van der Waals surface area contributed by atoms with E-state index in [1.54, 1.807) is 6.07 Å². The Balaban J connectivity index is 1.60. The molecule has 1 aliphatic carbocycles. The number of nitrogens with one attached hydrogen (secondary N) is 1. The van der Waals surface area contributed by atoms with E-state index in [1.165, 1.54) is 24.3 Å². The molecule has 0 fully saturated rings. The van der Waals surface area contributed by atoms with Gasteiger partial charge in [0.25, 0.3) is 11.6 Å². The summed E-state index contributed by atoms with van der Waals surface area (Å²) in [6.45, 7) is -0.836. The summed E-state index contributed by atoms with van der Waals surface area (Å²) in [7, 11) is 0. The second-order valence-corrected chi connectivity index (χ2v) is 7.51. The summed E-state index contributed by atoms with van der Waals surface area (Å²) in [4.78, 5) is 61.2. The van der Waals surface area contributed by atoms with Crippen molar-refractivity contribution in [3.8, 4) is 0 Å². The topological polar surface area (TPSA) is 133 Å². The molecule has 4 rings (SSSR count). The summed E-state index contributed by atoms with van der Waals surface area (Å²) in [5.74, 6) is -4.14. The second kappa shape index (κ2) is 8.83. The van der Waals surface area contributed by atoms with Crippen molar-refractivity contribution in [1.29, 1.82) is 0 Å². The van der Waals surface area contributed by atoms with Gasteiger partial charge < -0.3 is 10.1 Å². The first-order valence-electron chi connectivity index (χ1n) is 9.61. The van der Waals surface area contributed by atoms with Gasteiger partial charge in [0.1, 0.15) is 16.9 Å². The van der Waals surface area contributed by atoms with Crippen LogP contribution in [0, 0.1) is 15.9 Å². The third-order valence-electron chi connectivity index (χ3n) is 5.01. The number of carbonyl (C=O) groups excluding carboxylic acids is 4. The van der Waals surface area contributed by atoms with Crippen LogP contribution in [0.5, 0.6) is 0 Å². The van der Waals surface area contributed by atoms with Gasteiger partial charge in [-0.3, -0.25) is 24.5 Å². The van der Waals surface area contributed by atoms with E-state index in [4.69, 9.17) is 16.3 Å². The lowest BCUT2D eigenvalue weighted by Gasteiger charge is -2.18. The first-order chi connectivity index (χ1) is 16.2. The maximum Gasteiger partial charge on any atom is 0.345 e. The minimum absolute atomic E-state index is 0.0223. The predicted octanol–water partition coefficient (Wildman–Crippen LogP) is 3.96. The Morgan fingerprint density at radius 2 is 1.68 bits per heavy atom. The van der Waals surface area contributed by atoms with Crippen LogP contribution in [-0.2, 0) is 9.53 Å². The standard InChI is InChI=1S/C23H12ClFN2O7/c24-16-9-11(5-8-17(16)25)26-18(28)10-34-23(31)15-7-6-14-19(20(15)27(32)33)22(30)13-4-2-1-3-12(13)21(14)29/h1-9H,10H2,(H,26,28). The van der Waals surface area contributed by atoms with Gasteiger partial charge in [-0.2, -0.15) is 0 Å². The number of carbonyl (C=O) groups is 4. The molecule has 0 saturated heterocycles. The Kier molecular flexibility index (Phi) is 5.91. The molecule has 0 saturated carbocycles. The molecule has 0 aromatic heterocycles. The van der Waals surface area contributed by atoms with Crippen LogP contribution < -0.4 is 5.32 Å². The molecule has 9 nitrogen and oxygen atoms in total. The second-order valence-electron chi connectivity index (χ2n) is 7.10. The molecule has 0 radical (unpaired) electrons. The first-order valence-corrected chi connectivity index (χ1v) is 9.98. The number of hydrogen-bond acceptors (Lipinski definition) is 7. The van der Waals surface area contributed by atoms with Crippen LogP contribution in [0.3, 0.4) is 0 Å². The maximum atomic E-state index is 13.2. The molecule has 34 heavy (non-hydrogen) atoms. The van der Waals surface area contributed by atoms with Crippen LogP contribution >= 0.6 is 11.6 Å². The zero-order chi connectivity index (χ0) is 24.6. The van der Waals surface area contributed by atoms with E-state index in [0.29, 0.717) is 0 Å². The van der Waals surface area contributed by atoms with Crippen molar-refractivity contribution in [2.45, 2.75) is 0 Å². The Morgan fingerprint density at radius 3 is 2.32 bits per heavy atom. The third-order valence-corrected chi connectivity index (χ3v) is 5.30. The largest absolute Gasteiger partial charge is 0.452 e. The minimum atomic E-state index is -1.25. The smallest absolute Gasteiger partial charge is 0.345 e. The van der Waals surface area contributed by atoms with Crippen LogP contribution in [0.15, 0.2) is 54.6 Å². The van der Waals surface area contributed by atoms with E-state index in [2.05, 4.69) is 5.32 Å². The van der Waals surface area contributed by atoms with Gasteiger partial charge >= 0.3 is 5.97 Å². The molecule has 0 bridgehead atoms. The van der Waals surface area contributed by atoms with Gasteiger partial charge in [-0.15, -0.1) is 0 Å². The van der Waals surface area contributed by atoms with Gasteiger partial charge in [0.15, 0.2) is 12.4 Å². The summed E-state index contributed by atoms with van der Waals surface area (Å²) < 4.78 is 18.1. The van der Waals surface area contributed by atoms with E-state index in [9.17, 15) is 33.7 Å². The van der Waals surface area contributed by atoms with Crippen LogP contribution in [-0.4, -0.2) is 35.0 Å². The highest BCUT2D eigenvalue weighted by Crippen LogP contribution is 2.35. The SMILES string of the molecule is O=C(COC(=O)c1ccc2c(c1[N+](=O)[O-])C(=O)c1ccccc1C2=O)Nc1ccc(F)c(Cl)c1. The van der Waals surface area contributed by atoms with Crippen LogP contribution in [0.2, 0.25) is 5.02 Å². The number of rotatable bonds is 5. The molecule has 3 aromatic carbocycles. The van der Waals surface area contributed by atoms with E-state index < -0.39 is 57.6 Å². The molecule has 1 aliphatic rings. The van der Waals surface area contributed by atoms with Gasteiger partial charge in [-0.1, -0.05) is 35.9 Å². The number of nitrogens with zero attached hydrogens (tertiary/aromatic N) is 1. The quantitative estimate of drug-likeness (QED) is 0.258.